The number of carbonyl (C=O) groups excluding carboxylic acids is 1. The van der Waals surface area contributed by atoms with Crippen LogP contribution in [0.2, 0.25) is 0 Å². The van der Waals surface area contributed by atoms with Crippen LogP contribution in [0.1, 0.15) is 5.56 Å². The molecule has 2 amide bonds. The molecule has 1 aromatic heterocycles. The van der Waals surface area contributed by atoms with Crippen molar-refractivity contribution in [1.29, 1.82) is 0 Å². The molecule has 94 valence electrons. The van der Waals surface area contributed by atoms with Gasteiger partial charge < -0.3 is 5.32 Å². The predicted molar refractivity (Wildman–Crippen MR) is 69.2 cm³/mol. The summed E-state index contributed by atoms with van der Waals surface area (Å²) in [6.45, 7) is 0.445. The van der Waals surface area contributed by atoms with Gasteiger partial charge in [-0.15, -0.1) is 11.3 Å². The first-order valence-corrected chi connectivity index (χ1v) is 6.31. The summed E-state index contributed by atoms with van der Waals surface area (Å²) in [7, 11) is 0. The molecule has 0 aliphatic rings. The number of thiazole rings is 1. The maximum absolute atomic E-state index is 12.9. The summed E-state index contributed by atoms with van der Waals surface area (Å²) in [4.78, 5) is 15.4. The molecule has 2 aromatic rings. The number of rotatable bonds is 4. The summed E-state index contributed by atoms with van der Waals surface area (Å²) in [6, 6.07) is 6.03. The van der Waals surface area contributed by atoms with Crippen LogP contribution in [0.25, 0.3) is 0 Å². The van der Waals surface area contributed by atoms with Crippen molar-refractivity contribution in [3.8, 4) is 0 Å². The van der Waals surface area contributed by atoms with E-state index in [4.69, 9.17) is 0 Å². The quantitative estimate of drug-likeness (QED) is 0.893. The van der Waals surface area contributed by atoms with Crippen molar-refractivity contribution in [3.63, 3.8) is 0 Å². The molecule has 0 fully saturated rings. The molecule has 0 radical (unpaired) electrons. The molecule has 0 aliphatic carbocycles. The fourth-order valence-electron chi connectivity index (χ4n) is 1.44. The topological polar surface area (TPSA) is 54.0 Å². The number of carbonyl (C=O) groups is 1. The normalized spacial score (nSPS) is 10.1. The summed E-state index contributed by atoms with van der Waals surface area (Å²) in [5.74, 6) is -0.264. The van der Waals surface area contributed by atoms with Crippen molar-refractivity contribution in [2.45, 2.75) is 6.42 Å². The Hall–Kier alpha value is -1.95. The molecule has 0 spiro atoms. The van der Waals surface area contributed by atoms with Gasteiger partial charge in [0.25, 0.3) is 0 Å². The third-order valence-electron chi connectivity index (χ3n) is 2.24. The molecule has 0 saturated carbocycles. The lowest BCUT2D eigenvalue weighted by Gasteiger charge is -2.05. The van der Waals surface area contributed by atoms with Gasteiger partial charge in [0, 0.05) is 18.1 Å². The Labute approximate surface area is 108 Å². The first-order valence-electron chi connectivity index (χ1n) is 5.43. The minimum atomic E-state index is -0.304. The number of hydrogen-bond acceptors (Lipinski definition) is 3. The van der Waals surface area contributed by atoms with Gasteiger partial charge >= 0.3 is 6.03 Å². The van der Waals surface area contributed by atoms with Gasteiger partial charge in [-0.05, 0) is 24.1 Å². The lowest BCUT2D eigenvalue weighted by Crippen LogP contribution is -2.30. The van der Waals surface area contributed by atoms with Crippen LogP contribution < -0.4 is 10.6 Å². The molecule has 4 nitrogen and oxygen atoms in total. The molecule has 6 heteroatoms. The van der Waals surface area contributed by atoms with E-state index in [2.05, 4.69) is 15.6 Å². The number of urea groups is 1. The molecular weight excluding hydrogens is 253 g/mol. The summed E-state index contributed by atoms with van der Waals surface area (Å²) >= 11 is 1.35. The van der Waals surface area contributed by atoms with Crippen LogP contribution in [-0.2, 0) is 6.42 Å². The molecular formula is C12H12FN3OS. The third-order valence-corrected chi connectivity index (χ3v) is 2.93. The van der Waals surface area contributed by atoms with Gasteiger partial charge in [-0.1, -0.05) is 12.1 Å². The lowest BCUT2D eigenvalue weighted by atomic mass is 10.1. The highest BCUT2D eigenvalue weighted by Crippen LogP contribution is 2.09. The molecule has 1 aromatic carbocycles. The van der Waals surface area contributed by atoms with Crippen molar-refractivity contribution in [2.75, 3.05) is 11.9 Å². The fourth-order valence-corrected chi connectivity index (χ4v) is 1.96. The standard InChI is InChI=1S/C12H12FN3OS/c13-10-3-1-2-9(8-10)4-5-14-11(17)16-12-15-6-7-18-12/h1-3,6-8H,4-5H2,(H2,14,15,16,17). The second-order valence-electron chi connectivity index (χ2n) is 3.60. The van der Waals surface area contributed by atoms with Gasteiger partial charge in [0.15, 0.2) is 5.13 Å². The van der Waals surface area contributed by atoms with E-state index in [1.807, 2.05) is 6.07 Å². The van der Waals surface area contributed by atoms with E-state index in [0.29, 0.717) is 18.1 Å². The van der Waals surface area contributed by atoms with Gasteiger partial charge in [0.05, 0.1) is 0 Å². The lowest BCUT2D eigenvalue weighted by molar-refractivity contribution is 0.252. The number of aromatic nitrogens is 1. The maximum Gasteiger partial charge on any atom is 0.321 e. The van der Waals surface area contributed by atoms with E-state index in [0.717, 1.165) is 5.56 Å². The average Bonchev–Trinajstić information content (AvgIpc) is 2.82. The molecule has 0 bridgehead atoms. The third kappa shape index (κ3) is 3.81. The Bertz CT molecular complexity index is 516. The van der Waals surface area contributed by atoms with E-state index in [1.54, 1.807) is 17.6 Å². The Balaban J connectivity index is 1.73. The highest BCUT2D eigenvalue weighted by Gasteiger charge is 2.02. The molecule has 0 saturated heterocycles. The number of hydrogen-bond donors (Lipinski definition) is 2. The fraction of sp³-hybridized carbons (Fsp3) is 0.167. The zero-order chi connectivity index (χ0) is 12.8. The minimum Gasteiger partial charge on any atom is -0.337 e. The maximum atomic E-state index is 12.9. The van der Waals surface area contributed by atoms with Crippen LogP contribution in [0.15, 0.2) is 35.8 Å². The first-order chi connectivity index (χ1) is 8.74. The molecule has 0 unspecified atom stereocenters. The molecule has 2 N–H and O–H groups in total. The van der Waals surface area contributed by atoms with Gasteiger partial charge in [-0.3, -0.25) is 5.32 Å². The highest BCUT2D eigenvalue weighted by atomic mass is 32.1. The first kappa shape index (κ1) is 12.5. The number of benzene rings is 1. The molecule has 18 heavy (non-hydrogen) atoms. The summed E-state index contributed by atoms with van der Waals surface area (Å²) in [5, 5.41) is 7.62. The summed E-state index contributed by atoms with van der Waals surface area (Å²) < 4.78 is 12.9. The molecule has 0 atom stereocenters. The van der Waals surface area contributed by atoms with Gasteiger partial charge in [-0.2, -0.15) is 0 Å². The second kappa shape index (κ2) is 6.11. The number of nitrogens with one attached hydrogen (secondary N) is 2. The van der Waals surface area contributed by atoms with Crippen LogP contribution in [0.5, 0.6) is 0 Å². The molecule has 2 rings (SSSR count). The Kier molecular flexibility index (Phi) is 4.25. The zero-order valence-corrected chi connectivity index (χ0v) is 10.3. The second-order valence-corrected chi connectivity index (χ2v) is 4.49. The van der Waals surface area contributed by atoms with Crippen molar-refractivity contribution >= 4 is 22.5 Å². The van der Waals surface area contributed by atoms with Crippen molar-refractivity contribution in [2.24, 2.45) is 0 Å². The van der Waals surface area contributed by atoms with Crippen molar-refractivity contribution < 1.29 is 9.18 Å². The summed E-state index contributed by atoms with van der Waals surface area (Å²) in [5.41, 5.74) is 0.851. The molecule has 0 aliphatic heterocycles. The van der Waals surface area contributed by atoms with Crippen LogP contribution in [0.4, 0.5) is 14.3 Å². The van der Waals surface area contributed by atoms with Crippen molar-refractivity contribution in [1.82, 2.24) is 10.3 Å². The summed E-state index contributed by atoms with van der Waals surface area (Å²) in [6.07, 6.45) is 2.20. The Morgan fingerprint density at radius 2 is 2.33 bits per heavy atom. The van der Waals surface area contributed by atoms with Gasteiger partial charge in [-0.25, -0.2) is 14.2 Å². The van der Waals surface area contributed by atoms with E-state index in [1.165, 1.54) is 23.5 Å². The smallest absolute Gasteiger partial charge is 0.321 e. The van der Waals surface area contributed by atoms with E-state index < -0.39 is 0 Å². The monoisotopic (exact) mass is 265 g/mol. The number of halogens is 1. The number of amides is 2. The van der Waals surface area contributed by atoms with E-state index in [-0.39, 0.29) is 11.8 Å². The highest BCUT2D eigenvalue weighted by molar-refractivity contribution is 7.13. The minimum absolute atomic E-state index is 0.264. The Morgan fingerprint density at radius 3 is 3.06 bits per heavy atom. The van der Waals surface area contributed by atoms with Gasteiger partial charge in [0.1, 0.15) is 5.82 Å². The predicted octanol–water partition coefficient (Wildman–Crippen LogP) is 2.65. The van der Waals surface area contributed by atoms with E-state index in [9.17, 15) is 9.18 Å². The average molecular weight is 265 g/mol. The van der Waals surface area contributed by atoms with Crippen LogP contribution in [0, 0.1) is 5.82 Å². The van der Waals surface area contributed by atoms with Crippen LogP contribution >= 0.6 is 11.3 Å². The molecule has 1 heterocycles. The SMILES string of the molecule is O=C(NCCc1cccc(F)c1)Nc1nccs1. The number of nitrogens with zero attached hydrogens (tertiary/aromatic N) is 1. The van der Waals surface area contributed by atoms with Crippen LogP contribution in [0.3, 0.4) is 0 Å². The van der Waals surface area contributed by atoms with Gasteiger partial charge in [0.2, 0.25) is 0 Å². The van der Waals surface area contributed by atoms with E-state index >= 15 is 0 Å². The largest absolute Gasteiger partial charge is 0.337 e. The van der Waals surface area contributed by atoms with Crippen molar-refractivity contribution in [3.05, 3.63) is 47.2 Å². The number of anilines is 1. The van der Waals surface area contributed by atoms with Crippen LogP contribution in [-0.4, -0.2) is 17.6 Å². The zero-order valence-electron chi connectivity index (χ0n) is 9.52. The Morgan fingerprint density at radius 1 is 1.44 bits per heavy atom.